The second-order valence-electron chi connectivity index (χ2n) is 4.88. The van der Waals surface area contributed by atoms with Crippen LogP contribution in [0.1, 0.15) is 52.4 Å². The molecule has 5 heteroatoms. The van der Waals surface area contributed by atoms with Crippen molar-refractivity contribution in [2.45, 2.75) is 52.4 Å². The molecule has 112 valence electrons. The number of carboxylic acids is 1. The van der Waals surface area contributed by atoms with E-state index < -0.39 is 5.97 Å². The van der Waals surface area contributed by atoms with Gasteiger partial charge in [-0.1, -0.05) is 26.2 Å². The van der Waals surface area contributed by atoms with Crippen LogP contribution in [0, 0.1) is 0 Å². The van der Waals surface area contributed by atoms with E-state index in [9.17, 15) is 9.59 Å². The number of carboxylic acid groups (broad SMARTS) is 1. The van der Waals surface area contributed by atoms with E-state index in [4.69, 9.17) is 5.11 Å². The lowest BCUT2D eigenvalue weighted by molar-refractivity contribution is -0.137. The molecule has 0 aromatic carbocycles. The van der Waals surface area contributed by atoms with Crippen LogP contribution in [0.4, 0.5) is 0 Å². The quantitative estimate of drug-likeness (QED) is 0.532. The third-order valence-electron chi connectivity index (χ3n) is 2.99. The molecule has 0 saturated heterocycles. The van der Waals surface area contributed by atoms with E-state index in [1.807, 2.05) is 0 Å². The van der Waals surface area contributed by atoms with E-state index in [-0.39, 0.29) is 12.3 Å². The Kier molecular flexibility index (Phi) is 11.3. The van der Waals surface area contributed by atoms with Crippen molar-refractivity contribution in [1.82, 2.24) is 10.2 Å². The third kappa shape index (κ3) is 13.1. The highest BCUT2D eigenvalue weighted by Crippen LogP contribution is 2.03. The predicted octanol–water partition coefficient (Wildman–Crippen LogP) is 1.87. The minimum absolute atomic E-state index is 0.0139. The first kappa shape index (κ1) is 17.9. The molecule has 0 bridgehead atoms. The summed E-state index contributed by atoms with van der Waals surface area (Å²) in [6, 6.07) is 0. The molecule has 0 fully saturated rings. The first-order valence-electron chi connectivity index (χ1n) is 7.24. The summed E-state index contributed by atoms with van der Waals surface area (Å²) in [5.41, 5.74) is 0. The Balaban J connectivity index is 3.81. The molecule has 5 nitrogen and oxygen atoms in total. The number of hydrogen-bond acceptors (Lipinski definition) is 3. The fraction of sp³-hybridized carbons (Fsp3) is 0.857. The highest BCUT2D eigenvalue weighted by molar-refractivity contribution is 5.72. The molecule has 0 aliphatic carbocycles. The Morgan fingerprint density at radius 3 is 2.32 bits per heavy atom. The van der Waals surface area contributed by atoms with Gasteiger partial charge < -0.3 is 15.3 Å². The highest BCUT2D eigenvalue weighted by atomic mass is 16.4. The van der Waals surface area contributed by atoms with Crippen LogP contribution < -0.4 is 5.32 Å². The lowest BCUT2D eigenvalue weighted by Gasteiger charge is -2.21. The molecule has 0 aromatic heterocycles. The van der Waals surface area contributed by atoms with Gasteiger partial charge >= 0.3 is 5.97 Å². The van der Waals surface area contributed by atoms with E-state index in [2.05, 4.69) is 17.1 Å². The summed E-state index contributed by atoms with van der Waals surface area (Å²) >= 11 is 0. The summed E-state index contributed by atoms with van der Waals surface area (Å²) in [4.78, 5) is 23.5. The standard InChI is InChI=1S/C14H28N2O3/c1-3-4-5-6-10-16(12-8-14(18)19)11-7-9-15-13(2)17/h3-12H2,1-2H3,(H,15,17)(H,18,19). The molecular weight excluding hydrogens is 244 g/mol. The number of aliphatic carboxylic acids is 1. The molecule has 0 aromatic rings. The number of rotatable bonds is 12. The van der Waals surface area contributed by atoms with Crippen LogP contribution in [-0.2, 0) is 9.59 Å². The van der Waals surface area contributed by atoms with Crippen LogP contribution in [0.25, 0.3) is 0 Å². The molecule has 0 unspecified atom stereocenters. The monoisotopic (exact) mass is 272 g/mol. The van der Waals surface area contributed by atoms with Gasteiger partial charge in [0.2, 0.25) is 5.91 Å². The van der Waals surface area contributed by atoms with Crippen molar-refractivity contribution >= 4 is 11.9 Å². The van der Waals surface area contributed by atoms with Crippen LogP contribution in [-0.4, -0.2) is 48.1 Å². The number of hydrogen-bond donors (Lipinski definition) is 2. The number of amides is 1. The average molecular weight is 272 g/mol. The van der Waals surface area contributed by atoms with Gasteiger partial charge in [0.1, 0.15) is 0 Å². The lowest BCUT2D eigenvalue weighted by Crippen LogP contribution is -2.31. The van der Waals surface area contributed by atoms with Gasteiger partial charge in [-0.2, -0.15) is 0 Å². The van der Waals surface area contributed by atoms with Crippen LogP contribution >= 0.6 is 0 Å². The highest BCUT2D eigenvalue weighted by Gasteiger charge is 2.07. The Hall–Kier alpha value is -1.10. The largest absolute Gasteiger partial charge is 0.481 e. The predicted molar refractivity (Wildman–Crippen MR) is 76.1 cm³/mol. The summed E-state index contributed by atoms with van der Waals surface area (Å²) in [7, 11) is 0. The van der Waals surface area contributed by atoms with Gasteiger partial charge in [0.25, 0.3) is 0 Å². The minimum atomic E-state index is -0.750. The van der Waals surface area contributed by atoms with E-state index >= 15 is 0 Å². The Bertz CT molecular complexity index is 257. The van der Waals surface area contributed by atoms with Gasteiger partial charge in [-0.15, -0.1) is 0 Å². The molecule has 1 amide bonds. The van der Waals surface area contributed by atoms with Gasteiger partial charge in [0.15, 0.2) is 0 Å². The van der Waals surface area contributed by atoms with E-state index in [0.29, 0.717) is 13.1 Å². The van der Waals surface area contributed by atoms with Gasteiger partial charge in [-0.05, 0) is 25.9 Å². The Morgan fingerprint density at radius 2 is 1.74 bits per heavy atom. The number of carbonyl (C=O) groups is 2. The SMILES string of the molecule is CCCCCCN(CCCNC(C)=O)CCC(=O)O. The lowest BCUT2D eigenvalue weighted by atomic mass is 10.2. The van der Waals surface area contributed by atoms with Crippen molar-refractivity contribution < 1.29 is 14.7 Å². The van der Waals surface area contributed by atoms with Crippen molar-refractivity contribution in [3.05, 3.63) is 0 Å². The van der Waals surface area contributed by atoms with Crippen LogP contribution in [0.3, 0.4) is 0 Å². The topological polar surface area (TPSA) is 69.6 Å². The molecule has 0 radical (unpaired) electrons. The molecule has 0 saturated carbocycles. The van der Waals surface area contributed by atoms with Gasteiger partial charge in [-0.25, -0.2) is 0 Å². The van der Waals surface area contributed by atoms with Crippen LogP contribution in [0.2, 0.25) is 0 Å². The fourth-order valence-electron chi connectivity index (χ4n) is 1.92. The third-order valence-corrected chi connectivity index (χ3v) is 2.99. The zero-order valence-electron chi connectivity index (χ0n) is 12.3. The molecule has 0 heterocycles. The first-order valence-corrected chi connectivity index (χ1v) is 7.24. The molecular formula is C14H28N2O3. The summed E-state index contributed by atoms with van der Waals surface area (Å²) < 4.78 is 0. The zero-order chi connectivity index (χ0) is 14.5. The fourth-order valence-corrected chi connectivity index (χ4v) is 1.92. The Morgan fingerprint density at radius 1 is 1.05 bits per heavy atom. The van der Waals surface area contributed by atoms with Crippen molar-refractivity contribution in [1.29, 1.82) is 0 Å². The van der Waals surface area contributed by atoms with Gasteiger partial charge in [0, 0.05) is 20.0 Å². The van der Waals surface area contributed by atoms with Crippen LogP contribution in [0.15, 0.2) is 0 Å². The van der Waals surface area contributed by atoms with E-state index in [0.717, 1.165) is 25.9 Å². The maximum absolute atomic E-state index is 10.7. The molecule has 0 aliphatic heterocycles. The molecule has 0 spiro atoms. The molecule has 19 heavy (non-hydrogen) atoms. The van der Waals surface area contributed by atoms with Crippen molar-refractivity contribution in [2.24, 2.45) is 0 Å². The summed E-state index contributed by atoms with van der Waals surface area (Å²) in [6.45, 7) is 6.74. The van der Waals surface area contributed by atoms with Gasteiger partial charge in [0.05, 0.1) is 6.42 Å². The van der Waals surface area contributed by atoms with Crippen LogP contribution in [0.5, 0.6) is 0 Å². The molecule has 0 atom stereocenters. The molecule has 2 N–H and O–H groups in total. The van der Waals surface area contributed by atoms with Crippen molar-refractivity contribution in [3.8, 4) is 0 Å². The normalized spacial score (nSPS) is 10.7. The molecule has 0 aliphatic rings. The van der Waals surface area contributed by atoms with E-state index in [1.165, 1.54) is 26.2 Å². The summed E-state index contributed by atoms with van der Waals surface area (Å²) in [6.07, 6.45) is 5.82. The van der Waals surface area contributed by atoms with Crippen molar-refractivity contribution in [2.75, 3.05) is 26.2 Å². The summed E-state index contributed by atoms with van der Waals surface area (Å²) in [5, 5.41) is 11.5. The van der Waals surface area contributed by atoms with Crippen molar-refractivity contribution in [3.63, 3.8) is 0 Å². The maximum atomic E-state index is 10.7. The Labute approximate surface area is 116 Å². The zero-order valence-corrected chi connectivity index (χ0v) is 12.3. The van der Waals surface area contributed by atoms with Gasteiger partial charge in [-0.3, -0.25) is 9.59 Å². The molecule has 0 rings (SSSR count). The number of carbonyl (C=O) groups excluding carboxylic acids is 1. The minimum Gasteiger partial charge on any atom is -0.481 e. The van der Waals surface area contributed by atoms with E-state index in [1.54, 1.807) is 0 Å². The average Bonchev–Trinajstić information content (AvgIpc) is 2.35. The maximum Gasteiger partial charge on any atom is 0.304 e. The number of nitrogens with zero attached hydrogens (tertiary/aromatic N) is 1. The number of unbranched alkanes of at least 4 members (excludes halogenated alkanes) is 3. The number of nitrogens with one attached hydrogen (secondary N) is 1. The smallest absolute Gasteiger partial charge is 0.304 e. The second-order valence-corrected chi connectivity index (χ2v) is 4.88. The summed E-state index contributed by atoms with van der Waals surface area (Å²) in [5.74, 6) is -0.763. The first-order chi connectivity index (χ1) is 9.06. The second kappa shape index (κ2) is 12.0.